The molecular weight excluding hydrogens is 424 g/mol. The number of anilines is 1. The molecule has 10 heteroatoms. The highest BCUT2D eigenvalue weighted by atomic mass is 32.2. The number of halogens is 2. The third kappa shape index (κ3) is 4.39. The molecule has 1 aliphatic heterocycles. The Morgan fingerprint density at radius 3 is 2.48 bits per heavy atom. The summed E-state index contributed by atoms with van der Waals surface area (Å²) < 4.78 is 52.1. The summed E-state index contributed by atoms with van der Waals surface area (Å²) in [5.41, 5.74) is 1.07. The fraction of sp³-hybridized carbons (Fsp3) is 0.476. The van der Waals surface area contributed by atoms with Gasteiger partial charge in [-0.2, -0.15) is 0 Å². The molecule has 0 radical (unpaired) electrons. The van der Waals surface area contributed by atoms with Crippen molar-refractivity contribution in [2.45, 2.75) is 49.8 Å². The number of nitrogens with one attached hydrogen (secondary N) is 1. The largest absolute Gasteiger partial charge is 0.348 e. The zero-order valence-corrected chi connectivity index (χ0v) is 18.7. The van der Waals surface area contributed by atoms with E-state index in [-0.39, 0.29) is 24.3 Å². The van der Waals surface area contributed by atoms with Gasteiger partial charge in [-0.3, -0.25) is 0 Å². The molecule has 3 aromatic rings. The summed E-state index contributed by atoms with van der Waals surface area (Å²) in [5.74, 6) is -1.35. The van der Waals surface area contributed by atoms with Crippen molar-refractivity contribution in [1.82, 2.24) is 19.9 Å². The standard InChI is InChI=1S/C21H25F2N5O2S/c1-20(2,3)19-26-17-16(18(27-19)28-10-9-21(22,23)12-28)24-15(25-17)11-13-7-5-6-8-14(13)31(4,29)30/h5-8H,9-12H2,1-4H3,(H,24,25,26,27). The molecule has 3 heterocycles. The van der Waals surface area contributed by atoms with Gasteiger partial charge < -0.3 is 9.88 Å². The fourth-order valence-electron chi connectivity index (χ4n) is 3.69. The summed E-state index contributed by atoms with van der Waals surface area (Å²) in [6.45, 7) is 5.63. The quantitative estimate of drug-likeness (QED) is 0.656. The van der Waals surface area contributed by atoms with Crippen molar-refractivity contribution >= 4 is 26.8 Å². The van der Waals surface area contributed by atoms with Crippen LogP contribution in [-0.4, -0.2) is 53.6 Å². The summed E-state index contributed by atoms with van der Waals surface area (Å²) in [5, 5.41) is 0. The molecule has 0 aliphatic carbocycles. The molecule has 4 rings (SSSR count). The predicted molar refractivity (Wildman–Crippen MR) is 115 cm³/mol. The van der Waals surface area contributed by atoms with E-state index in [1.807, 2.05) is 20.8 Å². The second-order valence-corrected chi connectivity index (χ2v) is 11.1. The van der Waals surface area contributed by atoms with Crippen LogP contribution >= 0.6 is 0 Å². The Bertz CT molecular complexity index is 1250. The first-order valence-electron chi connectivity index (χ1n) is 10.0. The van der Waals surface area contributed by atoms with Crippen molar-refractivity contribution in [3.8, 4) is 0 Å². The summed E-state index contributed by atoms with van der Waals surface area (Å²) in [7, 11) is -3.41. The Hall–Kier alpha value is -2.62. The molecule has 1 aromatic carbocycles. The second-order valence-electron chi connectivity index (χ2n) is 9.09. The maximum absolute atomic E-state index is 13.9. The van der Waals surface area contributed by atoms with Crippen molar-refractivity contribution in [3.63, 3.8) is 0 Å². The van der Waals surface area contributed by atoms with Crippen LogP contribution in [0.4, 0.5) is 14.6 Å². The number of aromatic amines is 1. The van der Waals surface area contributed by atoms with Gasteiger partial charge in [0.1, 0.15) is 17.2 Å². The number of hydrogen-bond donors (Lipinski definition) is 1. The summed E-state index contributed by atoms with van der Waals surface area (Å²) in [6, 6.07) is 6.73. The number of H-pyrrole nitrogens is 1. The summed E-state index contributed by atoms with van der Waals surface area (Å²) in [6.07, 6.45) is 1.17. The number of aromatic nitrogens is 4. The van der Waals surface area contributed by atoms with Crippen LogP contribution in [-0.2, 0) is 21.7 Å². The van der Waals surface area contributed by atoms with Gasteiger partial charge in [-0.05, 0) is 11.6 Å². The van der Waals surface area contributed by atoms with Crippen LogP contribution < -0.4 is 4.90 Å². The lowest BCUT2D eigenvalue weighted by Crippen LogP contribution is -2.27. The Morgan fingerprint density at radius 1 is 1.16 bits per heavy atom. The average Bonchev–Trinajstić information content (AvgIpc) is 3.21. The second kappa shape index (κ2) is 7.22. The lowest BCUT2D eigenvalue weighted by Gasteiger charge is -2.22. The Kier molecular flexibility index (Phi) is 5.03. The molecule has 1 aliphatic rings. The van der Waals surface area contributed by atoms with E-state index < -0.39 is 27.7 Å². The molecule has 0 bridgehead atoms. The SMILES string of the molecule is CC(C)(C)c1nc(N2CCC(F)(F)C2)c2[nH]c(Cc3ccccc3S(C)(=O)=O)nc2n1. The molecule has 0 saturated carbocycles. The molecule has 1 N–H and O–H groups in total. The third-order valence-electron chi connectivity index (χ3n) is 5.25. The lowest BCUT2D eigenvalue weighted by molar-refractivity contribution is 0.0257. The average molecular weight is 450 g/mol. The van der Waals surface area contributed by atoms with Gasteiger partial charge in [-0.25, -0.2) is 32.2 Å². The van der Waals surface area contributed by atoms with Gasteiger partial charge in [0.2, 0.25) is 0 Å². The van der Waals surface area contributed by atoms with Gasteiger partial charge in [0.05, 0.1) is 11.4 Å². The number of benzene rings is 1. The minimum Gasteiger partial charge on any atom is -0.348 e. The van der Waals surface area contributed by atoms with Crippen LogP contribution in [0, 0.1) is 0 Å². The van der Waals surface area contributed by atoms with Crippen LogP contribution in [0.25, 0.3) is 11.2 Å². The van der Waals surface area contributed by atoms with Gasteiger partial charge >= 0.3 is 0 Å². The first-order chi connectivity index (χ1) is 14.3. The Labute approximate surface area is 179 Å². The topological polar surface area (TPSA) is 91.8 Å². The van der Waals surface area contributed by atoms with Crippen molar-refractivity contribution in [1.29, 1.82) is 0 Å². The fourth-order valence-corrected chi connectivity index (χ4v) is 4.63. The molecule has 0 unspecified atom stereocenters. The van der Waals surface area contributed by atoms with E-state index in [1.54, 1.807) is 29.2 Å². The van der Waals surface area contributed by atoms with Crippen LogP contribution in [0.1, 0.15) is 44.4 Å². The van der Waals surface area contributed by atoms with E-state index in [4.69, 9.17) is 0 Å². The number of imidazole rings is 1. The van der Waals surface area contributed by atoms with Gasteiger partial charge in [0.25, 0.3) is 5.92 Å². The van der Waals surface area contributed by atoms with E-state index in [9.17, 15) is 17.2 Å². The molecular formula is C21H25F2N5O2S. The molecule has 7 nitrogen and oxygen atoms in total. The Balaban J connectivity index is 1.81. The van der Waals surface area contributed by atoms with Crippen molar-refractivity contribution in [2.24, 2.45) is 0 Å². The number of fused-ring (bicyclic) bond motifs is 1. The lowest BCUT2D eigenvalue weighted by atomic mass is 9.96. The zero-order chi connectivity index (χ0) is 22.6. The highest BCUT2D eigenvalue weighted by molar-refractivity contribution is 7.90. The summed E-state index contributed by atoms with van der Waals surface area (Å²) in [4.78, 5) is 18.7. The smallest absolute Gasteiger partial charge is 0.266 e. The number of nitrogens with zero attached hydrogens (tertiary/aromatic N) is 4. The van der Waals surface area contributed by atoms with E-state index in [1.165, 1.54) is 0 Å². The zero-order valence-electron chi connectivity index (χ0n) is 17.9. The molecule has 31 heavy (non-hydrogen) atoms. The maximum atomic E-state index is 13.9. The predicted octanol–water partition coefficient (Wildman–Crippen LogP) is 3.49. The van der Waals surface area contributed by atoms with Gasteiger partial charge in [0, 0.05) is 31.1 Å². The maximum Gasteiger partial charge on any atom is 0.266 e. The first kappa shape index (κ1) is 21.6. The number of alkyl halides is 2. The van der Waals surface area contributed by atoms with Crippen molar-refractivity contribution < 1.29 is 17.2 Å². The van der Waals surface area contributed by atoms with Crippen molar-refractivity contribution in [3.05, 3.63) is 41.5 Å². The number of rotatable bonds is 4. The van der Waals surface area contributed by atoms with Gasteiger partial charge in [-0.1, -0.05) is 39.0 Å². The molecule has 0 amide bonds. The first-order valence-corrected chi connectivity index (χ1v) is 11.9. The number of sulfone groups is 1. The van der Waals surface area contributed by atoms with E-state index in [0.29, 0.717) is 34.2 Å². The van der Waals surface area contributed by atoms with E-state index >= 15 is 0 Å². The highest BCUT2D eigenvalue weighted by Gasteiger charge is 2.40. The van der Waals surface area contributed by atoms with Gasteiger partial charge in [-0.15, -0.1) is 0 Å². The minimum atomic E-state index is -3.41. The molecule has 166 valence electrons. The monoisotopic (exact) mass is 449 g/mol. The van der Waals surface area contributed by atoms with E-state index in [0.717, 1.165) is 6.26 Å². The normalized spacial score (nSPS) is 16.9. The van der Waals surface area contributed by atoms with E-state index in [2.05, 4.69) is 19.9 Å². The highest BCUT2D eigenvalue weighted by Crippen LogP contribution is 2.34. The minimum absolute atomic E-state index is 0.188. The van der Waals surface area contributed by atoms with Crippen molar-refractivity contribution in [2.75, 3.05) is 24.2 Å². The van der Waals surface area contributed by atoms with Crippen LogP contribution in [0.15, 0.2) is 29.2 Å². The molecule has 1 saturated heterocycles. The van der Waals surface area contributed by atoms with Crippen LogP contribution in [0.5, 0.6) is 0 Å². The molecule has 0 spiro atoms. The Morgan fingerprint density at radius 2 is 1.87 bits per heavy atom. The number of hydrogen-bond acceptors (Lipinski definition) is 6. The molecule has 0 atom stereocenters. The molecule has 2 aromatic heterocycles. The van der Waals surface area contributed by atoms with Crippen LogP contribution in [0.3, 0.4) is 0 Å². The molecule has 1 fully saturated rings. The van der Waals surface area contributed by atoms with Crippen LogP contribution in [0.2, 0.25) is 0 Å². The van der Waals surface area contributed by atoms with Gasteiger partial charge in [0.15, 0.2) is 21.3 Å². The third-order valence-corrected chi connectivity index (χ3v) is 6.45. The summed E-state index contributed by atoms with van der Waals surface area (Å²) >= 11 is 0.